The Morgan fingerprint density at radius 3 is 2.17 bits per heavy atom. The van der Waals surface area contributed by atoms with Crippen LogP contribution in [0.5, 0.6) is 5.75 Å². The average Bonchev–Trinajstić information content (AvgIpc) is 2.93. The summed E-state index contributed by atoms with van der Waals surface area (Å²) in [6.07, 6.45) is -6.29. The molecular formula is C28H20F6N4O3. The zero-order valence-corrected chi connectivity index (χ0v) is 21.0. The first-order chi connectivity index (χ1) is 19.4. The topological polar surface area (TPSA) is 90.5 Å². The minimum absolute atomic E-state index is 0.0200. The van der Waals surface area contributed by atoms with Crippen molar-refractivity contribution >= 4 is 12.0 Å². The smallest absolute Gasteiger partial charge is 0.404 e. The van der Waals surface area contributed by atoms with Crippen LogP contribution in [0.4, 0.5) is 37.1 Å². The number of anilines is 1. The van der Waals surface area contributed by atoms with Gasteiger partial charge in [-0.2, -0.15) is 13.2 Å². The maximum Gasteiger partial charge on any atom is 0.416 e. The summed E-state index contributed by atoms with van der Waals surface area (Å²) in [6, 6.07) is 13.7. The lowest BCUT2D eigenvalue weighted by Crippen LogP contribution is -2.43. The molecule has 212 valence electrons. The first-order valence-electron chi connectivity index (χ1n) is 12.2. The van der Waals surface area contributed by atoms with Gasteiger partial charge in [-0.05, 0) is 41.8 Å². The van der Waals surface area contributed by atoms with Crippen LogP contribution in [0.25, 0.3) is 0 Å². The van der Waals surface area contributed by atoms with Gasteiger partial charge in [0.1, 0.15) is 5.82 Å². The average molecular weight is 574 g/mol. The van der Waals surface area contributed by atoms with E-state index in [1.54, 1.807) is 30.3 Å². The predicted octanol–water partition coefficient (Wildman–Crippen LogP) is 5.46. The van der Waals surface area contributed by atoms with Gasteiger partial charge in [-0.3, -0.25) is 9.36 Å². The number of carbonyl (C=O) groups is 1. The van der Waals surface area contributed by atoms with Crippen LogP contribution in [0.15, 0.2) is 71.5 Å². The van der Waals surface area contributed by atoms with Crippen molar-refractivity contribution in [2.75, 3.05) is 12.3 Å². The van der Waals surface area contributed by atoms with Crippen LogP contribution in [0.1, 0.15) is 34.0 Å². The molecule has 1 aromatic heterocycles. The van der Waals surface area contributed by atoms with Crippen molar-refractivity contribution in [1.29, 1.82) is 0 Å². The summed E-state index contributed by atoms with van der Waals surface area (Å²) in [5.74, 6) is -5.38. The number of nitrogen functional groups attached to an aromatic ring is 1. The van der Waals surface area contributed by atoms with E-state index < -0.39 is 52.6 Å². The van der Waals surface area contributed by atoms with E-state index in [1.807, 2.05) is 0 Å². The Hall–Kier alpha value is -4.81. The second kappa shape index (κ2) is 10.6. The van der Waals surface area contributed by atoms with Crippen LogP contribution in [0.2, 0.25) is 0 Å². The van der Waals surface area contributed by atoms with Crippen LogP contribution in [-0.2, 0) is 19.1 Å². The number of fused-ring (bicyclic) bond motifs is 1. The Morgan fingerprint density at radius 2 is 1.56 bits per heavy atom. The van der Waals surface area contributed by atoms with E-state index >= 15 is 0 Å². The zero-order chi connectivity index (χ0) is 29.5. The number of rotatable bonds is 4. The molecule has 1 atom stereocenters. The Balaban J connectivity index is 1.45. The number of aromatic nitrogens is 2. The maximum absolute atomic E-state index is 14.2. The summed E-state index contributed by atoms with van der Waals surface area (Å²) in [4.78, 5) is 31.7. The molecule has 0 spiro atoms. The molecule has 13 heteroatoms. The summed E-state index contributed by atoms with van der Waals surface area (Å²) in [7, 11) is 0. The molecule has 1 aliphatic heterocycles. The minimum Gasteiger partial charge on any atom is -0.404 e. The number of halogens is 6. The fourth-order valence-electron chi connectivity index (χ4n) is 4.67. The quantitative estimate of drug-likeness (QED) is 0.327. The molecule has 1 aliphatic rings. The van der Waals surface area contributed by atoms with Gasteiger partial charge in [-0.1, -0.05) is 42.5 Å². The van der Waals surface area contributed by atoms with E-state index in [0.717, 1.165) is 4.90 Å². The number of carbonyl (C=O) groups excluding carboxylic acids is 1. The molecule has 0 saturated carbocycles. The SMILES string of the molecule is Nc1nc2c(c(=O)n1C(c1ccccc1)c1ccc(F)cc1)CCN(C(=O)Oc1c(F)cc(C(F)(F)F)cc1F)C2. The summed E-state index contributed by atoms with van der Waals surface area (Å²) in [5, 5.41) is 0. The van der Waals surface area contributed by atoms with Gasteiger partial charge in [0.05, 0.1) is 23.8 Å². The summed E-state index contributed by atoms with van der Waals surface area (Å²) in [6.45, 7) is -0.437. The normalized spacial score (nSPS) is 14.0. The van der Waals surface area contributed by atoms with Crippen molar-refractivity contribution in [3.05, 3.63) is 122 Å². The van der Waals surface area contributed by atoms with Crippen molar-refractivity contribution in [3.63, 3.8) is 0 Å². The molecule has 0 fully saturated rings. The van der Waals surface area contributed by atoms with Gasteiger partial charge >= 0.3 is 12.3 Å². The van der Waals surface area contributed by atoms with Gasteiger partial charge in [-0.15, -0.1) is 0 Å². The Labute approximate surface area is 228 Å². The highest BCUT2D eigenvalue weighted by atomic mass is 19.4. The number of hydrogen-bond donors (Lipinski definition) is 1. The Bertz CT molecular complexity index is 1650. The standard InChI is InChI=1S/C28H20F6N4O3/c29-18-8-6-16(7-9-18)23(15-4-2-1-3-5-15)38-25(39)19-10-11-37(14-22(19)36-26(38)35)27(40)41-24-20(30)12-17(13-21(24)31)28(32,33)34/h1-9,12-13,23H,10-11,14H2,(H2,35,36). The van der Waals surface area contributed by atoms with Crippen LogP contribution in [-0.4, -0.2) is 27.1 Å². The number of amides is 1. The van der Waals surface area contributed by atoms with E-state index in [0.29, 0.717) is 11.1 Å². The molecule has 1 amide bonds. The fourth-order valence-corrected chi connectivity index (χ4v) is 4.67. The highest BCUT2D eigenvalue weighted by Crippen LogP contribution is 2.34. The molecule has 0 radical (unpaired) electrons. The summed E-state index contributed by atoms with van der Waals surface area (Å²) >= 11 is 0. The van der Waals surface area contributed by atoms with Crippen molar-refractivity contribution in [1.82, 2.24) is 14.5 Å². The highest BCUT2D eigenvalue weighted by Gasteiger charge is 2.34. The van der Waals surface area contributed by atoms with Gasteiger partial charge in [0, 0.05) is 12.1 Å². The first kappa shape index (κ1) is 27.7. The van der Waals surface area contributed by atoms with Crippen molar-refractivity contribution < 1.29 is 35.9 Å². The third kappa shape index (κ3) is 5.47. The van der Waals surface area contributed by atoms with Crippen LogP contribution in [0, 0.1) is 17.5 Å². The number of benzene rings is 3. The molecule has 3 aromatic carbocycles. The molecule has 7 nitrogen and oxygen atoms in total. The fraction of sp³-hybridized carbons (Fsp3) is 0.179. The van der Waals surface area contributed by atoms with Gasteiger partial charge in [-0.25, -0.2) is 22.9 Å². The lowest BCUT2D eigenvalue weighted by Gasteiger charge is -2.29. The number of alkyl halides is 3. The van der Waals surface area contributed by atoms with Gasteiger partial charge in [0.15, 0.2) is 11.6 Å². The number of hydrogen-bond acceptors (Lipinski definition) is 5. The minimum atomic E-state index is -5.00. The van der Waals surface area contributed by atoms with Gasteiger partial charge < -0.3 is 15.4 Å². The van der Waals surface area contributed by atoms with E-state index in [4.69, 9.17) is 10.5 Å². The Kier molecular flexibility index (Phi) is 7.20. The maximum atomic E-state index is 14.2. The molecule has 0 aliphatic carbocycles. The van der Waals surface area contributed by atoms with E-state index in [1.165, 1.54) is 28.8 Å². The molecule has 1 unspecified atom stereocenters. The molecule has 41 heavy (non-hydrogen) atoms. The second-order valence-corrected chi connectivity index (χ2v) is 9.24. The zero-order valence-electron chi connectivity index (χ0n) is 21.0. The first-order valence-corrected chi connectivity index (χ1v) is 12.2. The molecule has 4 aromatic rings. The Morgan fingerprint density at radius 1 is 0.951 bits per heavy atom. The van der Waals surface area contributed by atoms with E-state index in [-0.39, 0.29) is 48.8 Å². The summed E-state index contributed by atoms with van der Waals surface area (Å²) < 4.78 is 86.5. The summed E-state index contributed by atoms with van der Waals surface area (Å²) in [5.41, 5.74) is 5.75. The van der Waals surface area contributed by atoms with E-state index in [2.05, 4.69) is 4.98 Å². The molecular weight excluding hydrogens is 554 g/mol. The highest BCUT2D eigenvalue weighted by molar-refractivity contribution is 5.71. The predicted molar refractivity (Wildman–Crippen MR) is 134 cm³/mol. The number of ether oxygens (including phenoxy) is 1. The molecule has 0 bridgehead atoms. The van der Waals surface area contributed by atoms with Gasteiger partial charge in [0.2, 0.25) is 11.7 Å². The van der Waals surface area contributed by atoms with Crippen LogP contribution in [0.3, 0.4) is 0 Å². The van der Waals surface area contributed by atoms with Crippen molar-refractivity contribution in [2.24, 2.45) is 0 Å². The van der Waals surface area contributed by atoms with Crippen LogP contribution >= 0.6 is 0 Å². The third-order valence-corrected chi connectivity index (χ3v) is 6.63. The largest absolute Gasteiger partial charge is 0.416 e. The molecule has 2 heterocycles. The van der Waals surface area contributed by atoms with Gasteiger partial charge in [0.25, 0.3) is 5.56 Å². The van der Waals surface area contributed by atoms with Crippen molar-refractivity contribution in [3.8, 4) is 5.75 Å². The third-order valence-electron chi connectivity index (χ3n) is 6.63. The van der Waals surface area contributed by atoms with E-state index in [9.17, 15) is 35.9 Å². The van der Waals surface area contributed by atoms with Crippen molar-refractivity contribution in [2.45, 2.75) is 25.2 Å². The van der Waals surface area contributed by atoms with Crippen LogP contribution < -0.4 is 16.0 Å². The molecule has 2 N–H and O–H groups in total. The monoisotopic (exact) mass is 574 g/mol. The molecule has 0 saturated heterocycles. The lowest BCUT2D eigenvalue weighted by atomic mass is 9.97. The number of nitrogens with zero attached hydrogens (tertiary/aromatic N) is 3. The molecule has 5 rings (SSSR count). The number of nitrogens with two attached hydrogens (primary N) is 1. The second-order valence-electron chi connectivity index (χ2n) is 9.24. The lowest BCUT2D eigenvalue weighted by molar-refractivity contribution is -0.138.